The van der Waals surface area contributed by atoms with Gasteiger partial charge in [-0.25, -0.2) is 4.57 Å². The van der Waals surface area contributed by atoms with Gasteiger partial charge in [0, 0.05) is 12.8 Å². The number of hydrogen-bond acceptors (Lipinski definition) is 4. The minimum absolute atomic E-state index is 0.0659. The minimum Gasteiger partial charge on any atom is -0.390 e. The van der Waals surface area contributed by atoms with Crippen LogP contribution < -0.4 is 5.32 Å². The van der Waals surface area contributed by atoms with Crippen molar-refractivity contribution in [2.75, 3.05) is 13.3 Å². The van der Waals surface area contributed by atoms with Crippen LogP contribution in [0.4, 0.5) is 5.95 Å². The highest BCUT2D eigenvalue weighted by Crippen LogP contribution is 2.17. The number of imidazole rings is 1. The summed E-state index contributed by atoms with van der Waals surface area (Å²) in [4.78, 5) is 14.0. The first kappa shape index (κ1) is 14.0. The molecule has 1 aromatic rings. The van der Waals surface area contributed by atoms with Crippen LogP contribution in [0, 0.1) is 10.1 Å². The number of rotatable bonds is 6. The summed E-state index contributed by atoms with van der Waals surface area (Å²) in [6.45, 7) is 4.49. The molecule has 2 N–H and O–H groups in total. The van der Waals surface area contributed by atoms with Crippen LogP contribution in [0.25, 0.3) is 0 Å². The van der Waals surface area contributed by atoms with Crippen molar-refractivity contribution >= 4 is 5.95 Å². The molecule has 0 aliphatic carbocycles. The second-order valence-corrected chi connectivity index (χ2v) is 5.32. The summed E-state index contributed by atoms with van der Waals surface area (Å²) < 4.78 is 6.94. The van der Waals surface area contributed by atoms with Crippen LogP contribution in [0.3, 0.4) is 0 Å². The predicted octanol–water partition coefficient (Wildman–Crippen LogP) is 0.662. The lowest BCUT2D eigenvalue weighted by atomic mass is 9.91. The maximum Gasteiger partial charge on any atom is 0.434 e. The molecule has 0 aromatic carbocycles. The lowest BCUT2D eigenvalue weighted by molar-refractivity contribution is -0.764. The molecule has 2 rings (SSSR count). The molecule has 0 spiro atoms. The second kappa shape index (κ2) is 6.12. The average Bonchev–Trinajstić information content (AvgIpc) is 2.84. The Bertz CT molecular complexity index is 426. The Hall–Kier alpha value is -1.47. The number of aromatic nitrogens is 2. The van der Waals surface area contributed by atoms with Gasteiger partial charge in [0.15, 0.2) is 6.73 Å². The molecule has 0 bridgehead atoms. The van der Waals surface area contributed by atoms with Gasteiger partial charge < -0.3 is 20.2 Å². The first-order valence-corrected chi connectivity index (χ1v) is 6.68. The molecular formula is C12H21N4O3+. The van der Waals surface area contributed by atoms with Gasteiger partial charge in [0.1, 0.15) is 12.4 Å². The summed E-state index contributed by atoms with van der Waals surface area (Å²) in [5.74, 6) is -0.0659. The number of nitro groups is 1. The molecule has 106 valence electrons. The summed E-state index contributed by atoms with van der Waals surface area (Å²) in [5, 5.41) is 13.0. The molecule has 1 aromatic heterocycles. The molecule has 1 fully saturated rings. The highest BCUT2D eigenvalue weighted by molar-refractivity contribution is 5.06. The van der Waals surface area contributed by atoms with E-state index in [-0.39, 0.29) is 11.5 Å². The van der Waals surface area contributed by atoms with Gasteiger partial charge in [-0.1, -0.05) is 4.98 Å². The molecule has 1 aliphatic heterocycles. The normalized spacial score (nSPS) is 23.4. The van der Waals surface area contributed by atoms with Gasteiger partial charge in [0.05, 0.1) is 18.7 Å². The van der Waals surface area contributed by atoms with Crippen LogP contribution in [0.2, 0.25) is 0 Å². The van der Waals surface area contributed by atoms with Gasteiger partial charge in [0.2, 0.25) is 0 Å². The number of unbranched alkanes of at least 4 members (excludes halogenated alkanes) is 1. The van der Waals surface area contributed by atoms with Crippen molar-refractivity contribution in [2.24, 2.45) is 0 Å². The number of nitrogens with zero attached hydrogens (tertiary/aromatic N) is 3. The molecule has 0 amide bonds. The fraction of sp³-hybridized carbons (Fsp3) is 0.750. The SMILES string of the molecule is CC1(CCCCn2ccnc2[N+](=O)[O-])CCOC[NH2+]1. The monoisotopic (exact) mass is 269 g/mol. The van der Waals surface area contributed by atoms with E-state index in [0.717, 1.165) is 39.0 Å². The summed E-state index contributed by atoms with van der Waals surface area (Å²) in [5.41, 5.74) is 0.263. The number of nitrogens with two attached hydrogens (primary N) is 1. The van der Waals surface area contributed by atoms with Crippen molar-refractivity contribution in [2.45, 2.75) is 44.7 Å². The zero-order valence-corrected chi connectivity index (χ0v) is 11.2. The van der Waals surface area contributed by atoms with Crippen LogP contribution in [0.15, 0.2) is 12.4 Å². The lowest BCUT2D eigenvalue weighted by Crippen LogP contribution is -2.98. The fourth-order valence-electron chi connectivity index (χ4n) is 2.44. The van der Waals surface area contributed by atoms with E-state index >= 15 is 0 Å². The van der Waals surface area contributed by atoms with E-state index in [1.165, 1.54) is 6.20 Å². The van der Waals surface area contributed by atoms with Crippen molar-refractivity contribution in [3.63, 3.8) is 0 Å². The van der Waals surface area contributed by atoms with Gasteiger partial charge in [-0.15, -0.1) is 0 Å². The van der Waals surface area contributed by atoms with Gasteiger partial charge in [-0.05, 0) is 24.7 Å². The molecule has 0 saturated carbocycles. The number of quaternary nitrogens is 1. The van der Waals surface area contributed by atoms with Crippen molar-refractivity contribution in [1.82, 2.24) is 9.55 Å². The molecule has 1 unspecified atom stereocenters. The van der Waals surface area contributed by atoms with E-state index in [2.05, 4.69) is 17.2 Å². The van der Waals surface area contributed by atoms with E-state index in [1.807, 2.05) is 0 Å². The number of ether oxygens (including phenoxy) is 1. The van der Waals surface area contributed by atoms with Crippen LogP contribution in [0.1, 0.15) is 32.6 Å². The largest absolute Gasteiger partial charge is 0.434 e. The first-order valence-electron chi connectivity index (χ1n) is 6.68. The quantitative estimate of drug-likeness (QED) is 0.467. The van der Waals surface area contributed by atoms with E-state index in [0.29, 0.717) is 6.54 Å². The first-order chi connectivity index (χ1) is 9.11. The summed E-state index contributed by atoms with van der Waals surface area (Å²) >= 11 is 0. The van der Waals surface area contributed by atoms with Gasteiger partial charge >= 0.3 is 5.95 Å². The van der Waals surface area contributed by atoms with Crippen LogP contribution in [-0.2, 0) is 11.3 Å². The molecule has 1 saturated heterocycles. The third kappa shape index (κ3) is 3.74. The lowest BCUT2D eigenvalue weighted by Gasteiger charge is -2.31. The summed E-state index contributed by atoms with van der Waals surface area (Å²) in [6, 6.07) is 0. The number of hydrogen-bond donors (Lipinski definition) is 1. The molecule has 7 nitrogen and oxygen atoms in total. The standard InChI is InChI=1S/C12H20N4O3/c1-12(5-9-19-10-14-12)4-2-3-7-15-8-6-13-11(15)16(17)18/h6,8,14H,2-5,7,9-10H2,1H3/p+1. The van der Waals surface area contributed by atoms with Gasteiger partial charge in [0.25, 0.3) is 0 Å². The second-order valence-electron chi connectivity index (χ2n) is 5.32. The zero-order valence-electron chi connectivity index (χ0n) is 11.2. The highest BCUT2D eigenvalue weighted by atomic mass is 16.6. The Labute approximate surface area is 112 Å². The average molecular weight is 269 g/mol. The summed E-state index contributed by atoms with van der Waals surface area (Å²) in [7, 11) is 0. The molecule has 1 atom stereocenters. The molecular weight excluding hydrogens is 248 g/mol. The van der Waals surface area contributed by atoms with Crippen molar-refractivity contribution < 1.29 is 15.0 Å². The van der Waals surface area contributed by atoms with Crippen LogP contribution in [-0.4, -0.2) is 33.4 Å². The predicted molar refractivity (Wildman–Crippen MR) is 68.5 cm³/mol. The zero-order chi connectivity index (χ0) is 13.7. The molecule has 0 radical (unpaired) electrons. The third-order valence-corrected chi connectivity index (χ3v) is 3.77. The Morgan fingerprint density at radius 2 is 2.47 bits per heavy atom. The van der Waals surface area contributed by atoms with E-state index in [1.54, 1.807) is 10.8 Å². The summed E-state index contributed by atoms with van der Waals surface area (Å²) in [6.07, 6.45) is 7.31. The van der Waals surface area contributed by atoms with E-state index < -0.39 is 4.92 Å². The molecule has 1 aliphatic rings. The maximum atomic E-state index is 10.7. The Balaban J connectivity index is 1.74. The van der Waals surface area contributed by atoms with E-state index in [4.69, 9.17) is 4.74 Å². The molecule has 19 heavy (non-hydrogen) atoms. The fourth-order valence-corrected chi connectivity index (χ4v) is 2.44. The van der Waals surface area contributed by atoms with Crippen molar-refractivity contribution in [3.8, 4) is 0 Å². The van der Waals surface area contributed by atoms with Crippen LogP contribution >= 0.6 is 0 Å². The van der Waals surface area contributed by atoms with Crippen LogP contribution in [0.5, 0.6) is 0 Å². The minimum atomic E-state index is -0.437. The molecule has 7 heteroatoms. The Morgan fingerprint density at radius 3 is 3.16 bits per heavy atom. The number of aryl methyl sites for hydroxylation is 1. The van der Waals surface area contributed by atoms with Crippen molar-refractivity contribution in [1.29, 1.82) is 0 Å². The third-order valence-electron chi connectivity index (χ3n) is 3.77. The topological polar surface area (TPSA) is 86.8 Å². The highest BCUT2D eigenvalue weighted by Gasteiger charge is 2.30. The smallest absolute Gasteiger partial charge is 0.390 e. The Kier molecular flexibility index (Phi) is 4.49. The Morgan fingerprint density at radius 1 is 1.63 bits per heavy atom. The van der Waals surface area contributed by atoms with Gasteiger partial charge in [-0.2, -0.15) is 0 Å². The maximum absolute atomic E-state index is 10.7. The molecule has 2 heterocycles. The van der Waals surface area contributed by atoms with E-state index in [9.17, 15) is 10.1 Å². The van der Waals surface area contributed by atoms with Gasteiger partial charge in [-0.3, -0.25) is 0 Å². The van der Waals surface area contributed by atoms with Crippen molar-refractivity contribution in [3.05, 3.63) is 22.5 Å².